The highest BCUT2D eigenvalue weighted by Gasteiger charge is 2.09. The lowest BCUT2D eigenvalue weighted by atomic mass is 10.2. The summed E-state index contributed by atoms with van der Waals surface area (Å²) in [6.45, 7) is 2.74. The molecule has 1 heterocycles. The van der Waals surface area contributed by atoms with Gasteiger partial charge in [0.05, 0.1) is 26.3 Å². The molecular weight excluding hydrogens is 344 g/mol. The van der Waals surface area contributed by atoms with Gasteiger partial charge in [0.1, 0.15) is 15.8 Å². The molecule has 0 bridgehead atoms. The van der Waals surface area contributed by atoms with Crippen molar-refractivity contribution in [3.8, 4) is 11.5 Å². The Kier molecular flexibility index (Phi) is 7.39. The largest absolute Gasteiger partial charge is 0.497 e. The first-order valence-electron chi connectivity index (χ1n) is 7.70. The van der Waals surface area contributed by atoms with Gasteiger partial charge in [0.15, 0.2) is 0 Å². The molecule has 5 nitrogen and oxygen atoms in total. The molecule has 7 heteroatoms. The molecule has 24 heavy (non-hydrogen) atoms. The van der Waals surface area contributed by atoms with Crippen molar-refractivity contribution in [2.24, 2.45) is 0 Å². The molecule has 0 saturated heterocycles. The van der Waals surface area contributed by atoms with E-state index in [0.717, 1.165) is 39.3 Å². The number of thiazole rings is 1. The van der Waals surface area contributed by atoms with Crippen molar-refractivity contribution in [2.75, 3.05) is 20.8 Å². The number of nitrogens with zero attached hydrogens (tertiary/aromatic N) is 1. The molecule has 1 aromatic heterocycles. The van der Waals surface area contributed by atoms with Crippen LogP contribution in [0.25, 0.3) is 0 Å². The van der Waals surface area contributed by atoms with Crippen LogP contribution in [0.15, 0.2) is 27.9 Å². The quantitative estimate of drug-likeness (QED) is 0.688. The summed E-state index contributed by atoms with van der Waals surface area (Å²) in [5, 5.41) is 4.81. The molecule has 1 amide bonds. The van der Waals surface area contributed by atoms with E-state index in [0.29, 0.717) is 13.0 Å². The van der Waals surface area contributed by atoms with Gasteiger partial charge in [-0.1, -0.05) is 18.7 Å². The van der Waals surface area contributed by atoms with Crippen LogP contribution in [0.1, 0.15) is 24.6 Å². The number of methoxy groups -OCH3 is 2. The Balaban J connectivity index is 1.92. The van der Waals surface area contributed by atoms with Gasteiger partial charge in [0.25, 0.3) is 0 Å². The van der Waals surface area contributed by atoms with Gasteiger partial charge in [-0.2, -0.15) is 0 Å². The van der Waals surface area contributed by atoms with Gasteiger partial charge >= 0.3 is 0 Å². The molecule has 0 atom stereocenters. The molecule has 0 saturated carbocycles. The van der Waals surface area contributed by atoms with Gasteiger partial charge in [-0.25, -0.2) is 4.98 Å². The number of nitrogens with one attached hydrogen (secondary N) is 1. The molecule has 0 unspecified atom stereocenters. The summed E-state index contributed by atoms with van der Waals surface area (Å²) in [7, 11) is 3.28. The number of amides is 1. The maximum Gasteiger partial charge on any atom is 0.226 e. The number of ether oxygens (including phenoxy) is 2. The average Bonchev–Trinajstić information content (AvgIpc) is 3.05. The zero-order valence-corrected chi connectivity index (χ0v) is 15.8. The van der Waals surface area contributed by atoms with Crippen molar-refractivity contribution in [2.45, 2.75) is 29.9 Å². The van der Waals surface area contributed by atoms with Crippen LogP contribution in [0.4, 0.5) is 0 Å². The fourth-order valence-corrected chi connectivity index (χ4v) is 3.80. The van der Waals surface area contributed by atoms with E-state index in [1.807, 2.05) is 30.5 Å². The van der Waals surface area contributed by atoms with Crippen molar-refractivity contribution in [1.29, 1.82) is 0 Å². The predicted octanol–water partition coefficient (Wildman–Crippen LogP) is 3.52. The average molecular weight is 367 g/mol. The van der Waals surface area contributed by atoms with Gasteiger partial charge in [-0.3, -0.25) is 4.79 Å². The summed E-state index contributed by atoms with van der Waals surface area (Å²) in [5.74, 6) is 2.34. The number of rotatable bonds is 9. The number of thioether (sulfide) groups is 1. The van der Waals surface area contributed by atoms with Gasteiger partial charge < -0.3 is 14.8 Å². The van der Waals surface area contributed by atoms with Crippen LogP contribution in [-0.4, -0.2) is 31.7 Å². The third kappa shape index (κ3) is 5.72. The van der Waals surface area contributed by atoms with Crippen LogP contribution in [0.2, 0.25) is 0 Å². The van der Waals surface area contributed by atoms with Crippen LogP contribution < -0.4 is 14.8 Å². The Morgan fingerprint density at radius 2 is 1.96 bits per heavy atom. The van der Waals surface area contributed by atoms with Crippen molar-refractivity contribution in [3.05, 3.63) is 34.8 Å². The summed E-state index contributed by atoms with van der Waals surface area (Å²) in [4.78, 5) is 16.2. The van der Waals surface area contributed by atoms with E-state index in [9.17, 15) is 4.79 Å². The molecule has 130 valence electrons. The lowest BCUT2D eigenvalue weighted by Gasteiger charge is -2.07. The zero-order valence-electron chi connectivity index (χ0n) is 14.1. The van der Waals surface area contributed by atoms with E-state index in [4.69, 9.17) is 9.47 Å². The lowest BCUT2D eigenvalue weighted by molar-refractivity contribution is -0.120. The van der Waals surface area contributed by atoms with E-state index in [1.165, 1.54) is 0 Å². The molecular formula is C17H22N2O3S2. The molecule has 2 aromatic rings. The summed E-state index contributed by atoms with van der Waals surface area (Å²) in [6.07, 6.45) is 1.28. The SMILES string of the molecule is CCCNC(=O)Cc1csc(SCc2cc(OC)cc(OC)c2)n1. The molecule has 1 aromatic carbocycles. The van der Waals surface area contributed by atoms with E-state index >= 15 is 0 Å². The second kappa shape index (κ2) is 9.54. The van der Waals surface area contributed by atoms with Crippen molar-refractivity contribution in [1.82, 2.24) is 10.3 Å². The van der Waals surface area contributed by atoms with Crippen LogP contribution in [-0.2, 0) is 17.0 Å². The van der Waals surface area contributed by atoms with Gasteiger partial charge in [0, 0.05) is 23.7 Å². The highest BCUT2D eigenvalue weighted by molar-refractivity contribution is 8.00. The maximum absolute atomic E-state index is 11.7. The molecule has 0 radical (unpaired) electrons. The first kappa shape index (κ1) is 18.6. The first-order chi connectivity index (χ1) is 11.6. The van der Waals surface area contributed by atoms with Crippen molar-refractivity contribution in [3.63, 3.8) is 0 Å². The van der Waals surface area contributed by atoms with E-state index in [1.54, 1.807) is 37.3 Å². The van der Waals surface area contributed by atoms with Crippen LogP contribution >= 0.6 is 23.1 Å². The van der Waals surface area contributed by atoms with Gasteiger partial charge in [-0.05, 0) is 24.1 Å². The molecule has 0 spiro atoms. The first-order valence-corrected chi connectivity index (χ1v) is 9.57. The summed E-state index contributed by atoms with van der Waals surface area (Å²) < 4.78 is 11.5. The van der Waals surface area contributed by atoms with Gasteiger partial charge in [0.2, 0.25) is 5.91 Å². The van der Waals surface area contributed by atoms with Crippen molar-refractivity contribution >= 4 is 29.0 Å². The van der Waals surface area contributed by atoms with E-state index in [-0.39, 0.29) is 5.91 Å². The van der Waals surface area contributed by atoms with Crippen LogP contribution in [0.5, 0.6) is 11.5 Å². The third-order valence-electron chi connectivity index (χ3n) is 3.22. The topological polar surface area (TPSA) is 60.5 Å². The summed E-state index contributed by atoms with van der Waals surface area (Å²) >= 11 is 3.21. The number of aromatic nitrogens is 1. The number of hydrogen-bond donors (Lipinski definition) is 1. The Labute approximate surface area is 150 Å². The predicted molar refractivity (Wildman–Crippen MR) is 98.2 cm³/mol. The molecule has 0 aliphatic heterocycles. The minimum absolute atomic E-state index is 0.0243. The Morgan fingerprint density at radius 3 is 2.58 bits per heavy atom. The molecule has 0 aliphatic carbocycles. The second-order valence-corrected chi connectivity index (χ2v) is 7.22. The summed E-state index contributed by atoms with van der Waals surface area (Å²) in [5.41, 5.74) is 1.92. The van der Waals surface area contributed by atoms with E-state index in [2.05, 4.69) is 10.3 Å². The molecule has 1 N–H and O–H groups in total. The Morgan fingerprint density at radius 1 is 1.25 bits per heavy atom. The fourth-order valence-electron chi connectivity index (χ4n) is 2.02. The fraction of sp³-hybridized carbons (Fsp3) is 0.412. The Hall–Kier alpha value is -1.73. The third-order valence-corrected chi connectivity index (χ3v) is 5.36. The highest BCUT2D eigenvalue weighted by atomic mass is 32.2. The van der Waals surface area contributed by atoms with Crippen LogP contribution in [0, 0.1) is 0 Å². The molecule has 0 fully saturated rings. The summed E-state index contributed by atoms with van der Waals surface area (Å²) in [6, 6.07) is 5.83. The van der Waals surface area contributed by atoms with E-state index < -0.39 is 0 Å². The molecule has 2 rings (SSSR count). The second-order valence-electron chi connectivity index (χ2n) is 5.14. The minimum atomic E-state index is 0.0243. The number of benzene rings is 1. The maximum atomic E-state index is 11.7. The minimum Gasteiger partial charge on any atom is -0.497 e. The zero-order chi connectivity index (χ0) is 17.4. The molecule has 0 aliphatic rings. The number of carbonyl (C=O) groups is 1. The van der Waals surface area contributed by atoms with Crippen LogP contribution in [0.3, 0.4) is 0 Å². The number of hydrogen-bond acceptors (Lipinski definition) is 6. The normalized spacial score (nSPS) is 10.5. The lowest BCUT2D eigenvalue weighted by Crippen LogP contribution is -2.25. The monoisotopic (exact) mass is 366 g/mol. The van der Waals surface area contributed by atoms with Crippen molar-refractivity contribution < 1.29 is 14.3 Å². The highest BCUT2D eigenvalue weighted by Crippen LogP contribution is 2.30. The smallest absolute Gasteiger partial charge is 0.226 e. The number of carbonyl (C=O) groups excluding carboxylic acids is 1. The van der Waals surface area contributed by atoms with Gasteiger partial charge in [-0.15, -0.1) is 11.3 Å². The standard InChI is InChI=1S/C17H22N2O3S2/c1-4-5-18-16(20)8-13-11-24-17(19-13)23-10-12-6-14(21-2)9-15(7-12)22-3/h6-7,9,11H,4-5,8,10H2,1-3H3,(H,18,20). The Bertz CT molecular complexity index is 651.